The molecule has 1 aliphatic heterocycles. The number of aromatic amines is 1. The Labute approximate surface area is 149 Å². The number of piperidine rings is 1. The number of rotatable bonds is 5. The number of amides is 1. The lowest BCUT2D eigenvalue weighted by Crippen LogP contribution is -2.40. The Morgan fingerprint density at radius 1 is 1.44 bits per heavy atom. The van der Waals surface area contributed by atoms with E-state index in [1.807, 2.05) is 26.1 Å². The van der Waals surface area contributed by atoms with Crippen LogP contribution in [0.1, 0.15) is 58.7 Å². The zero-order valence-electron chi connectivity index (χ0n) is 15.7. The zero-order valence-corrected chi connectivity index (χ0v) is 15.7. The first-order chi connectivity index (χ1) is 11.8. The van der Waals surface area contributed by atoms with Crippen molar-refractivity contribution in [2.75, 3.05) is 18.0 Å². The van der Waals surface area contributed by atoms with E-state index in [-0.39, 0.29) is 11.8 Å². The minimum atomic E-state index is -0.466. The molecular formula is C19H29N5O. The maximum atomic E-state index is 11.7. The van der Waals surface area contributed by atoms with Gasteiger partial charge >= 0.3 is 0 Å². The van der Waals surface area contributed by atoms with Gasteiger partial charge in [-0.25, -0.2) is 9.97 Å². The first kappa shape index (κ1) is 17.7. The van der Waals surface area contributed by atoms with Crippen LogP contribution in [0.2, 0.25) is 0 Å². The molecule has 6 heteroatoms. The Morgan fingerprint density at radius 3 is 2.88 bits per heavy atom. The SMILES string of the molecule is CC(C)c1nc(N2CCCC(CC(C)(C)C(N)=O)C2)c2cc[nH]c2n1. The lowest BCUT2D eigenvalue weighted by atomic mass is 9.79. The van der Waals surface area contributed by atoms with Crippen molar-refractivity contribution in [1.82, 2.24) is 15.0 Å². The number of fused-ring (bicyclic) bond motifs is 1. The first-order valence-electron chi connectivity index (χ1n) is 9.18. The molecule has 2 aromatic rings. The Morgan fingerprint density at radius 2 is 2.20 bits per heavy atom. The van der Waals surface area contributed by atoms with E-state index in [9.17, 15) is 4.79 Å². The van der Waals surface area contributed by atoms with Crippen molar-refractivity contribution in [2.45, 2.75) is 52.9 Å². The summed E-state index contributed by atoms with van der Waals surface area (Å²) in [6.07, 6.45) is 4.97. The highest BCUT2D eigenvalue weighted by Gasteiger charge is 2.32. The first-order valence-corrected chi connectivity index (χ1v) is 9.18. The quantitative estimate of drug-likeness (QED) is 0.872. The molecule has 1 atom stereocenters. The van der Waals surface area contributed by atoms with Crippen LogP contribution in [0.25, 0.3) is 11.0 Å². The van der Waals surface area contributed by atoms with Crippen LogP contribution in [-0.4, -0.2) is 33.9 Å². The number of aromatic nitrogens is 3. The number of H-pyrrole nitrogens is 1. The van der Waals surface area contributed by atoms with Gasteiger partial charge in [-0.05, 0) is 31.2 Å². The second-order valence-corrected chi connectivity index (χ2v) is 8.21. The molecule has 0 aliphatic carbocycles. The van der Waals surface area contributed by atoms with Gasteiger partial charge in [-0.2, -0.15) is 0 Å². The summed E-state index contributed by atoms with van der Waals surface area (Å²) in [6, 6.07) is 2.05. The van der Waals surface area contributed by atoms with Crippen molar-refractivity contribution in [3.8, 4) is 0 Å². The summed E-state index contributed by atoms with van der Waals surface area (Å²) in [6.45, 7) is 10.0. The largest absolute Gasteiger partial charge is 0.369 e. The summed E-state index contributed by atoms with van der Waals surface area (Å²) in [5.74, 6) is 2.38. The number of carbonyl (C=O) groups excluding carboxylic acids is 1. The van der Waals surface area contributed by atoms with E-state index in [1.54, 1.807) is 0 Å². The fourth-order valence-electron chi connectivity index (χ4n) is 3.69. The number of nitrogens with two attached hydrogens (primary N) is 1. The number of nitrogens with zero attached hydrogens (tertiary/aromatic N) is 3. The van der Waals surface area contributed by atoms with Gasteiger partial charge < -0.3 is 15.6 Å². The second-order valence-electron chi connectivity index (χ2n) is 8.21. The Balaban J connectivity index is 1.87. The molecule has 1 unspecified atom stereocenters. The average molecular weight is 343 g/mol. The molecular weight excluding hydrogens is 314 g/mol. The lowest BCUT2D eigenvalue weighted by molar-refractivity contribution is -0.126. The van der Waals surface area contributed by atoms with Gasteiger partial charge in [0.1, 0.15) is 17.3 Å². The average Bonchev–Trinajstić information content (AvgIpc) is 3.02. The molecule has 1 saturated heterocycles. The smallest absolute Gasteiger partial charge is 0.223 e. The van der Waals surface area contributed by atoms with Gasteiger partial charge in [-0.3, -0.25) is 4.79 Å². The topological polar surface area (TPSA) is 87.9 Å². The molecule has 6 nitrogen and oxygen atoms in total. The van der Waals surface area contributed by atoms with E-state index in [4.69, 9.17) is 10.7 Å². The van der Waals surface area contributed by atoms with Crippen LogP contribution in [0.4, 0.5) is 5.82 Å². The van der Waals surface area contributed by atoms with Gasteiger partial charge in [-0.1, -0.05) is 27.7 Å². The lowest BCUT2D eigenvalue weighted by Gasteiger charge is -2.37. The van der Waals surface area contributed by atoms with Gasteiger partial charge in [0.05, 0.1) is 5.39 Å². The van der Waals surface area contributed by atoms with Crippen LogP contribution < -0.4 is 10.6 Å². The third-order valence-corrected chi connectivity index (χ3v) is 5.21. The molecule has 2 aromatic heterocycles. The third-order valence-electron chi connectivity index (χ3n) is 5.21. The minimum Gasteiger partial charge on any atom is -0.369 e. The van der Waals surface area contributed by atoms with E-state index >= 15 is 0 Å². The Hall–Kier alpha value is -2.11. The summed E-state index contributed by atoms with van der Waals surface area (Å²) in [7, 11) is 0. The summed E-state index contributed by atoms with van der Waals surface area (Å²) >= 11 is 0. The predicted octanol–water partition coefficient (Wildman–Crippen LogP) is 3.20. The number of nitrogens with one attached hydrogen (secondary N) is 1. The number of hydrogen-bond acceptors (Lipinski definition) is 4. The molecule has 136 valence electrons. The molecule has 1 aliphatic rings. The molecule has 3 N–H and O–H groups in total. The minimum absolute atomic E-state index is 0.221. The summed E-state index contributed by atoms with van der Waals surface area (Å²) in [4.78, 5) is 26.8. The van der Waals surface area contributed by atoms with Crippen LogP contribution in [0.3, 0.4) is 0 Å². The van der Waals surface area contributed by atoms with E-state index in [0.717, 1.165) is 55.0 Å². The van der Waals surface area contributed by atoms with E-state index in [2.05, 4.69) is 28.7 Å². The van der Waals surface area contributed by atoms with Gasteiger partial charge in [-0.15, -0.1) is 0 Å². The van der Waals surface area contributed by atoms with Crippen LogP contribution in [-0.2, 0) is 4.79 Å². The highest BCUT2D eigenvalue weighted by molar-refractivity contribution is 5.87. The predicted molar refractivity (Wildman–Crippen MR) is 101 cm³/mol. The van der Waals surface area contributed by atoms with Crippen molar-refractivity contribution in [3.05, 3.63) is 18.1 Å². The van der Waals surface area contributed by atoms with Crippen molar-refractivity contribution in [1.29, 1.82) is 0 Å². The van der Waals surface area contributed by atoms with Gasteiger partial charge in [0, 0.05) is 30.6 Å². The number of primary amides is 1. The van der Waals surface area contributed by atoms with Crippen molar-refractivity contribution >= 4 is 22.8 Å². The fourth-order valence-corrected chi connectivity index (χ4v) is 3.69. The van der Waals surface area contributed by atoms with Crippen LogP contribution in [0.5, 0.6) is 0 Å². The Kier molecular flexibility index (Phi) is 4.71. The molecule has 25 heavy (non-hydrogen) atoms. The molecule has 0 radical (unpaired) electrons. The van der Waals surface area contributed by atoms with Gasteiger partial charge in [0.25, 0.3) is 0 Å². The van der Waals surface area contributed by atoms with E-state index in [1.165, 1.54) is 0 Å². The van der Waals surface area contributed by atoms with Crippen molar-refractivity contribution < 1.29 is 4.79 Å². The number of carbonyl (C=O) groups is 1. The highest BCUT2D eigenvalue weighted by Crippen LogP contribution is 2.34. The standard InChI is InChI=1S/C19H29N5O/c1-12(2)15-22-16-14(7-8-21-16)17(23-15)24-9-5-6-13(11-24)10-19(3,4)18(20)25/h7-8,12-13H,5-6,9-11H2,1-4H3,(H2,20,25)(H,21,22,23). The van der Waals surface area contributed by atoms with Crippen molar-refractivity contribution in [2.24, 2.45) is 17.1 Å². The molecule has 0 saturated carbocycles. The Bertz CT molecular complexity index is 764. The fraction of sp³-hybridized carbons (Fsp3) is 0.632. The van der Waals surface area contributed by atoms with Gasteiger partial charge in [0.15, 0.2) is 0 Å². The van der Waals surface area contributed by atoms with E-state index in [0.29, 0.717) is 5.92 Å². The molecule has 3 rings (SSSR count). The van der Waals surface area contributed by atoms with Gasteiger partial charge in [0.2, 0.25) is 5.91 Å². The monoisotopic (exact) mass is 343 g/mol. The highest BCUT2D eigenvalue weighted by atomic mass is 16.1. The van der Waals surface area contributed by atoms with Crippen LogP contribution >= 0.6 is 0 Å². The van der Waals surface area contributed by atoms with Crippen molar-refractivity contribution in [3.63, 3.8) is 0 Å². The normalized spacial score (nSPS) is 18.9. The van der Waals surface area contributed by atoms with E-state index < -0.39 is 5.41 Å². The molecule has 1 amide bonds. The second kappa shape index (κ2) is 6.65. The molecule has 0 aromatic carbocycles. The summed E-state index contributed by atoms with van der Waals surface area (Å²) in [5, 5.41) is 1.07. The molecule has 0 bridgehead atoms. The van der Waals surface area contributed by atoms with Crippen LogP contribution in [0, 0.1) is 11.3 Å². The number of hydrogen-bond donors (Lipinski definition) is 2. The molecule has 0 spiro atoms. The maximum Gasteiger partial charge on any atom is 0.223 e. The van der Waals surface area contributed by atoms with Crippen LogP contribution in [0.15, 0.2) is 12.3 Å². The summed E-state index contributed by atoms with van der Waals surface area (Å²) < 4.78 is 0. The zero-order chi connectivity index (χ0) is 18.2. The third kappa shape index (κ3) is 3.62. The molecule has 3 heterocycles. The summed E-state index contributed by atoms with van der Waals surface area (Å²) in [5.41, 5.74) is 6.00. The maximum absolute atomic E-state index is 11.7. The molecule has 1 fully saturated rings. The number of anilines is 1.